The third-order valence-corrected chi connectivity index (χ3v) is 3.98. The van der Waals surface area contributed by atoms with E-state index in [9.17, 15) is 27.5 Å². The molecule has 12 heteroatoms. The van der Waals surface area contributed by atoms with E-state index in [-0.39, 0.29) is 22.9 Å². The molecule has 0 amide bonds. The van der Waals surface area contributed by atoms with Crippen molar-refractivity contribution in [2.24, 2.45) is 0 Å². The van der Waals surface area contributed by atoms with Crippen molar-refractivity contribution in [3.63, 3.8) is 0 Å². The van der Waals surface area contributed by atoms with Gasteiger partial charge in [-0.25, -0.2) is 9.97 Å². The van der Waals surface area contributed by atoms with E-state index >= 15 is 0 Å². The zero-order valence-corrected chi connectivity index (χ0v) is 14.2. The van der Waals surface area contributed by atoms with E-state index in [4.69, 9.17) is 16.3 Å². The second-order valence-corrected chi connectivity index (χ2v) is 6.72. The first-order valence-electron chi connectivity index (χ1n) is 6.54. The summed E-state index contributed by atoms with van der Waals surface area (Å²) in [6, 6.07) is 4.02. The highest BCUT2D eigenvalue weighted by molar-refractivity contribution is 7.47. The average Bonchev–Trinajstić information content (AvgIpc) is 2.46. The predicted octanol–water partition coefficient (Wildman–Crippen LogP) is 2.31. The van der Waals surface area contributed by atoms with Gasteiger partial charge in [0.2, 0.25) is 5.95 Å². The summed E-state index contributed by atoms with van der Waals surface area (Å²) in [7, 11) is -3.46. The molecular weight excluding hydrogens is 386 g/mol. The smallest absolute Gasteiger partial charge is 0.420 e. The van der Waals surface area contributed by atoms with E-state index in [1.807, 2.05) is 0 Å². The van der Waals surface area contributed by atoms with Gasteiger partial charge in [-0.3, -0.25) is 0 Å². The second-order valence-electron chi connectivity index (χ2n) is 4.82. The SMILES string of the molecule is COc1cc(CP(=O)([O-])[O-])ccc1Nc1ncc(C(F)(F)F)c(Cl)n1. The van der Waals surface area contributed by atoms with Crippen molar-refractivity contribution < 1.29 is 32.3 Å². The lowest BCUT2D eigenvalue weighted by Gasteiger charge is -2.29. The minimum absolute atomic E-state index is 0.144. The van der Waals surface area contributed by atoms with E-state index in [2.05, 4.69) is 15.3 Å². The molecule has 136 valence electrons. The summed E-state index contributed by atoms with van der Waals surface area (Å²) in [4.78, 5) is 28.7. The third kappa shape index (κ3) is 5.30. The molecule has 1 aromatic carbocycles. The molecule has 0 bridgehead atoms. The maximum atomic E-state index is 12.6. The van der Waals surface area contributed by atoms with E-state index in [0.717, 1.165) is 0 Å². The summed E-state index contributed by atoms with van der Waals surface area (Å²) < 4.78 is 53.8. The van der Waals surface area contributed by atoms with Gasteiger partial charge in [-0.1, -0.05) is 25.3 Å². The Labute approximate surface area is 145 Å². The van der Waals surface area contributed by atoms with Crippen LogP contribution in [0.1, 0.15) is 11.1 Å². The average molecular weight is 396 g/mol. The molecule has 1 heterocycles. The molecule has 0 spiro atoms. The quantitative estimate of drug-likeness (QED) is 0.611. The van der Waals surface area contributed by atoms with Crippen LogP contribution in [-0.4, -0.2) is 17.1 Å². The van der Waals surface area contributed by atoms with Gasteiger partial charge in [-0.05, 0) is 17.7 Å². The van der Waals surface area contributed by atoms with Crippen molar-refractivity contribution in [3.05, 3.63) is 40.7 Å². The number of hydrogen-bond acceptors (Lipinski definition) is 7. The summed E-state index contributed by atoms with van der Waals surface area (Å²) in [5.41, 5.74) is -0.737. The van der Waals surface area contributed by atoms with Crippen LogP contribution >= 0.6 is 19.2 Å². The Balaban J connectivity index is 2.28. The minimum Gasteiger partial charge on any atom is -0.810 e. The normalized spacial score (nSPS) is 12.1. The Hall–Kier alpha value is -1.87. The van der Waals surface area contributed by atoms with Crippen LogP contribution in [0.4, 0.5) is 24.8 Å². The molecule has 0 atom stereocenters. The van der Waals surface area contributed by atoms with Gasteiger partial charge in [-0.15, -0.1) is 0 Å². The van der Waals surface area contributed by atoms with Crippen LogP contribution < -0.4 is 19.8 Å². The van der Waals surface area contributed by atoms with E-state index < -0.39 is 30.7 Å². The van der Waals surface area contributed by atoms with Crippen LogP contribution in [0, 0.1) is 0 Å². The van der Waals surface area contributed by atoms with Gasteiger partial charge in [0, 0.05) is 12.4 Å². The molecule has 2 aromatic rings. The van der Waals surface area contributed by atoms with Crippen molar-refractivity contribution >= 4 is 30.8 Å². The largest absolute Gasteiger partial charge is 0.810 e. The van der Waals surface area contributed by atoms with Gasteiger partial charge >= 0.3 is 6.18 Å². The van der Waals surface area contributed by atoms with E-state index in [0.29, 0.717) is 6.20 Å². The molecule has 0 radical (unpaired) electrons. The lowest BCUT2D eigenvalue weighted by atomic mass is 10.2. The molecular formula is C13H10ClF3N3O4P-2. The van der Waals surface area contributed by atoms with Crippen molar-refractivity contribution in [3.8, 4) is 5.75 Å². The molecule has 0 unspecified atom stereocenters. The number of anilines is 2. The fourth-order valence-corrected chi connectivity index (χ4v) is 2.77. The molecule has 0 fully saturated rings. The summed E-state index contributed by atoms with van der Waals surface area (Å²) in [6.07, 6.45) is -4.85. The van der Waals surface area contributed by atoms with E-state index in [1.165, 1.54) is 25.3 Å². The van der Waals surface area contributed by atoms with Crippen LogP contribution in [0.25, 0.3) is 0 Å². The Morgan fingerprint density at radius 1 is 1.36 bits per heavy atom. The van der Waals surface area contributed by atoms with Crippen molar-refractivity contribution in [1.82, 2.24) is 9.97 Å². The Bertz CT molecular complexity index is 829. The molecule has 0 aliphatic rings. The number of hydrogen-bond donors (Lipinski definition) is 1. The van der Waals surface area contributed by atoms with Gasteiger partial charge in [0.15, 0.2) is 0 Å². The summed E-state index contributed by atoms with van der Waals surface area (Å²) in [5, 5.41) is 1.83. The monoisotopic (exact) mass is 395 g/mol. The van der Waals surface area contributed by atoms with Crippen molar-refractivity contribution in [1.29, 1.82) is 0 Å². The zero-order chi connectivity index (χ0) is 18.8. The topological polar surface area (TPSA) is 110 Å². The van der Waals surface area contributed by atoms with Crippen LogP contribution in [0.3, 0.4) is 0 Å². The fourth-order valence-electron chi connectivity index (χ4n) is 1.89. The highest BCUT2D eigenvalue weighted by Gasteiger charge is 2.34. The van der Waals surface area contributed by atoms with Crippen LogP contribution in [0.2, 0.25) is 5.15 Å². The first kappa shape index (κ1) is 19.5. The summed E-state index contributed by atoms with van der Waals surface area (Å²) in [6.45, 7) is 0. The van der Waals surface area contributed by atoms with Gasteiger partial charge in [-0.2, -0.15) is 13.2 Å². The highest BCUT2D eigenvalue weighted by Crippen LogP contribution is 2.36. The van der Waals surface area contributed by atoms with Gasteiger partial charge < -0.3 is 24.4 Å². The first-order chi connectivity index (χ1) is 11.5. The highest BCUT2D eigenvalue weighted by atomic mass is 35.5. The number of aromatic nitrogens is 2. The Morgan fingerprint density at radius 3 is 2.56 bits per heavy atom. The molecule has 0 saturated heterocycles. The van der Waals surface area contributed by atoms with Gasteiger partial charge in [0.1, 0.15) is 16.5 Å². The molecule has 7 nitrogen and oxygen atoms in total. The molecule has 25 heavy (non-hydrogen) atoms. The zero-order valence-electron chi connectivity index (χ0n) is 12.5. The third-order valence-electron chi connectivity index (χ3n) is 2.94. The number of ether oxygens (including phenoxy) is 1. The first-order valence-corrected chi connectivity index (χ1v) is 8.65. The standard InChI is InChI=1S/C13H12ClF3N3O4P/c1-24-10-4-7(6-25(21,22)23)2-3-9(10)19-12-18-5-8(11(14)20-12)13(15,16)17/h2-5H,6H2,1H3,(H,18,19,20)(H2,21,22,23)/p-2. The number of methoxy groups -OCH3 is 1. The van der Waals surface area contributed by atoms with Crippen molar-refractivity contribution in [2.75, 3.05) is 12.4 Å². The predicted molar refractivity (Wildman–Crippen MR) is 79.6 cm³/mol. The van der Waals surface area contributed by atoms with Gasteiger partial charge in [0.05, 0.1) is 12.8 Å². The maximum absolute atomic E-state index is 12.6. The molecule has 0 aliphatic carbocycles. The van der Waals surface area contributed by atoms with Crippen LogP contribution in [0.5, 0.6) is 5.75 Å². The van der Waals surface area contributed by atoms with Crippen molar-refractivity contribution in [2.45, 2.75) is 12.3 Å². The number of benzene rings is 1. The molecule has 0 aliphatic heterocycles. The number of halogens is 4. The number of alkyl halides is 3. The molecule has 2 rings (SSSR count). The molecule has 1 aromatic heterocycles. The fraction of sp³-hybridized carbons (Fsp3) is 0.231. The second kappa shape index (κ2) is 7.17. The lowest BCUT2D eigenvalue weighted by Crippen LogP contribution is -2.15. The molecule has 1 N–H and O–H groups in total. The van der Waals surface area contributed by atoms with Gasteiger partial charge in [0.25, 0.3) is 0 Å². The Kier molecular flexibility index (Phi) is 5.58. The number of nitrogens with zero attached hydrogens (tertiary/aromatic N) is 2. The minimum atomic E-state index is -4.75. The van der Waals surface area contributed by atoms with Crippen LogP contribution in [-0.2, 0) is 16.9 Å². The maximum Gasteiger partial charge on any atom is 0.420 e. The summed E-state index contributed by atoms with van der Waals surface area (Å²) in [5.74, 6) is -0.0760. The Morgan fingerprint density at radius 2 is 2.04 bits per heavy atom. The summed E-state index contributed by atoms with van der Waals surface area (Å²) >= 11 is 5.51. The number of nitrogens with one attached hydrogen (secondary N) is 1. The van der Waals surface area contributed by atoms with E-state index in [1.54, 1.807) is 0 Å². The lowest BCUT2D eigenvalue weighted by molar-refractivity contribution is -0.314. The molecule has 0 saturated carbocycles. The van der Waals surface area contributed by atoms with Crippen LogP contribution in [0.15, 0.2) is 24.4 Å². The number of rotatable bonds is 5.